The number of ether oxygens (including phenoxy) is 1. The van der Waals surface area contributed by atoms with E-state index in [9.17, 15) is 18.0 Å². The van der Waals surface area contributed by atoms with Crippen LogP contribution in [0, 0.1) is 13.8 Å². The third-order valence-electron chi connectivity index (χ3n) is 2.82. The van der Waals surface area contributed by atoms with Crippen molar-refractivity contribution in [2.75, 3.05) is 12.0 Å². The molecule has 13 heteroatoms. The predicted molar refractivity (Wildman–Crippen MR) is 83.9 cm³/mol. The number of rotatable bonds is 3. The maximum absolute atomic E-state index is 12.4. The summed E-state index contributed by atoms with van der Waals surface area (Å²) >= 11 is 0. The standard InChI is InChI=1S/C12H15N7O5S/c1-8-4-9(2)16-10(15-8)19(7-18-6-13-5-14-18)11(20)17-25(22,23)12(21)24-3/h4-6H,7H2,1-3H3,(H,17,20). The molecule has 2 aromatic rings. The molecule has 0 saturated carbocycles. The fourth-order valence-corrected chi connectivity index (χ4v) is 2.46. The molecule has 0 bridgehead atoms. The normalized spacial score (nSPS) is 11.0. The first kappa shape index (κ1) is 18.3. The third kappa shape index (κ3) is 4.47. The number of nitrogens with one attached hydrogen (secondary N) is 1. The van der Waals surface area contributed by atoms with Crippen molar-refractivity contribution in [2.24, 2.45) is 0 Å². The van der Waals surface area contributed by atoms with Crippen molar-refractivity contribution < 1.29 is 22.7 Å². The summed E-state index contributed by atoms with van der Waals surface area (Å²) in [6, 6.07) is 0.533. The number of hydrogen-bond acceptors (Lipinski definition) is 9. The van der Waals surface area contributed by atoms with Gasteiger partial charge in [0.25, 0.3) is 0 Å². The highest BCUT2D eigenvalue weighted by atomic mass is 32.2. The van der Waals surface area contributed by atoms with Gasteiger partial charge in [0.15, 0.2) is 0 Å². The lowest BCUT2D eigenvalue weighted by atomic mass is 10.3. The molecule has 12 nitrogen and oxygen atoms in total. The zero-order valence-electron chi connectivity index (χ0n) is 13.6. The molecule has 0 atom stereocenters. The minimum atomic E-state index is -4.66. The van der Waals surface area contributed by atoms with Gasteiger partial charge in [0.05, 0.1) is 7.11 Å². The lowest BCUT2D eigenvalue weighted by Gasteiger charge is -2.21. The number of urea groups is 1. The molecule has 0 aliphatic carbocycles. The summed E-state index contributed by atoms with van der Waals surface area (Å²) in [5.74, 6) is -0.0643. The number of carbonyl (C=O) groups excluding carboxylic acids is 2. The van der Waals surface area contributed by atoms with Crippen LogP contribution in [0.1, 0.15) is 11.4 Å². The van der Waals surface area contributed by atoms with Crippen LogP contribution in [0.25, 0.3) is 0 Å². The number of amides is 2. The Kier molecular flexibility index (Phi) is 5.26. The number of sulfonamides is 1. The van der Waals surface area contributed by atoms with E-state index in [4.69, 9.17) is 0 Å². The molecule has 0 aliphatic heterocycles. The maximum Gasteiger partial charge on any atom is 0.444 e. The van der Waals surface area contributed by atoms with Crippen LogP contribution in [-0.2, 0) is 21.4 Å². The number of carbonyl (C=O) groups is 2. The first-order valence-corrected chi connectivity index (χ1v) is 8.28. The SMILES string of the molecule is COC(=O)S(=O)(=O)NC(=O)N(Cn1cncn1)c1nc(C)cc(C)n1. The third-order valence-corrected chi connectivity index (χ3v) is 3.87. The van der Waals surface area contributed by atoms with Gasteiger partial charge >= 0.3 is 21.4 Å². The number of aryl methyl sites for hydroxylation is 2. The van der Waals surface area contributed by atoms with Crippen LogP contribution in [0.2, 0.25) is 0 Å². The van der Waals surface area contributed by atoms with Crippen LogP contribution in [0.3, 0.4) is 0 Å². The van der Waals surface area contributed by atoms with E-state index >= 15 is 0 Å². The summed E-state index contributed by atoms with van der Waals surface area (Å²) < 4.78 is 30.5. The quantitative estimate of drug-likeness (QED) is 0.735. The van der Waals surface area contributed by atoms with Crippen LogP contribution in [0.5, 0.6) is 0 Å². The molecule has 0 spiro atoms. The van der Waals surface area contributed by atoms with Gasteiger partial charge in [-0.25, -0.2) is 38.8 Å². The zero-order valence-corrected chi connectivity index (χ0v) is 14.4. The lowest BCUT2D eigenvalue weighted by Crippen LogP contribution is -2.46. The van der Waals surface area contributed by atoms with Gasteiger partial charge in [-0.3, -0.25) is 0 Å². The first-order valence-electron chi connectivity index (χ1n) is 6.80. The molecule has 134 valence electrons. The van der Waals surface area contributed by atoms with E-state index in [-0.39, 0.29) is 12.6 Å². The first-order chi connectivity index (χ1) is 11.7. The smallest absolute Gasteiger partial charge is 0.444 e. The monoisotopic (exact) mass is 369 g/mol. The second kappa shape index (κ2) is 7.21. The molecule has 2 heterocycles. The van der Waals surface area contributed by atoms with Gasteiger partial charge in [-0.1, -0.05) is 0 Å². The molecule has 0 aromatic carbocycles. The fourth-order valence-electron chi connectivity index (χ4n) is 1.82. The van der Waals surface area contributed by atoms with Gasteiger partial charge in [0.2, 0.25) is 5.95 Å². The largest absolute Gasteiger partial charge is 0.456 e. The molecule has 0 radical (unpaired) electrons. The van der Waals surface area contributed by atoms with E-state index < -0.39 is 21.4 Å². The maximum atomic E-state index is 12.4. The van der Waals surface area contributed by atoms with E-state index in [0.717, 1.165) is 12.0 Å². The summed E-state index contributed by atoms with van der Waals surface area (Å²) in [5, 5.41) is 2.25. The predicted octanol–water partition coefficient (Wildman–Crippen LogP) is -0.0452. The van der Waals surface area contributed by atoms with Crippen LogP contribution in [0.15, 0.2) is 18.7 Å². The van der Waals surface area contributed by atoms with Gasteiger partial charge in [-0.2, -0.15) is 13.5 Å². The van der Waals surface area contributed by atoms with Crippen molar-refractivity contribution in [1.29, 1.82) is 0 Å². The average molecular weight is 369 g/mol. The van der Waals surface area contributed by atoms with Crippen molar-refractivity contribution in [3.63, 3.8) is 0 Å². The van der Waals surface area contributed by atoms with Crippen LogP contribution in [0.4, 0.5) is 15.5 Å². The minimum absolute atomic E-state index is 0.0643. The number of aromatic nitrogens is 5. The van der Waals surface area contributed by atoms with Crippen molar-refractivity contribution in [1.82, 2.24) is 29.5 Å². The molecule has 0 saturated heterocycles. The lowest BCUT2D eigenvalue weighted by molar-refractivity contribution is 0.196. The molecule has 0 unspecified atom stereocenters. The van der Waals surface area contributed by atoms with Crippen molar-refractivity contribution >= 4 is 27.3 Å². The second-order valence-electron chi connectivity index (χ2n) is 4.82. The van der Waals surface area contributed by atoms with Gasteiger partial charge in [-0.05, 0) is 19.9 Å². The zero-order chi connectivity index (χ0) is 18.6. The van der Waals surface area contributed by atoms with Crippen molar-refractivity contribution in [3.8, 4) is 0 Å². The van der Waals surface area contributed by atoms with Crippen LogP contribution < -0.4 is 9.62 Å². The van der Waals surface area contributed by atoms with Crippen LogP contribution >= 0.6 is 0 Å². The van der Waals surface area contributed by atoms with E-state index in [1.54, 1.807) is 24.6 Å². The molecular formula is C12H15N7O5S. The Bertz CT molecular complexity index is 861. The Balaban J connectivity index is 2.37. The molecule has 2 amide bonds. The number of methoxy groups -OCH3 is 1. The van der Waals surface area contributed by atoms with Gasteiger partial charge in [0, 0.05) is 11.4 Å². The number of anilines is 1. The topological polar surface area (TPSA) is 149 Å². The Morgan fingerprint density at radius 2 is 1.92 bits per heavy atom. The molecular weight excluding hydrogens is 354 g/mol. The number of hydrogen-bond donors (Lipinski definition) is 1. The number of nitrogens with zero attached hydrogens (tertiary/aromatic N) is 6. The molecule has 2 aromatic heterocycles. The van der Waals surface area contributed by atoms with Gasteiger partial charge < -0.3 is 4.74 Å². The summed E-state index contributed by atoms with van der Waals surface area (Å²) in [6.07, 6.45) is 2.56. The van der Waals surface area contributed by atoms with Crippen LogP contribution in [-0.4, -0.2) is 51.6 Å². The van der Waals surface area contributed by atoms with Gasteiger partial charge in [0.1, 0.15) is 19.3 Å². The summed E-state index contributed by atoms with van der Waals surface area (Å²) in [4.78, 5) is 36.5. The highest BCUT2D eigenvalue weighted by Crippen LogP contribution is 2.12. The van der Waals surface area contributed by atoms with E-state index in [2.05, 4.69) is 24.8 Å². The highest BCUT2D eigenvalue weighted by Gasteiger charge is 2.30. The van der Waals surface area contributed by atoms with E-state index in [1.807, 2.05) is 0 Å². The Hall–Kier alpha value is -3.09. The molecule has 25 heavy (non-hydrogen) atoms. The fraction of sp³-hybridized carbons (Fsp3) is 0.333. The Labute approximate surface area is 142 Å². The van der Waals surface area contributed by atoms with Gasteiger partial charge in [-0.15, -0.1) is 0 Å². The summed E-state index contributed by atoms with van der Waals surface area (Å²) in [5.41, 5.74) is 1.13. The highest BCUT2D eigenvalue weighted by molar-refractivity contribution is 8.04. The van der Waals surface area contributed by atoms with E-state index in [1.165, 1.54) is 17.3 Å². The molecule has 0 fully saturated rings. The molecule has 1 N–H and O–H groups in total. The van der Waals surface area contributed by atoms with E-state index in [0.29, 0.717) is 11.4 Å². The second-order valence-corrected chi connectivity index (χ2v) is 6.36. The van der Waals surface area contributed by atoms with Crippen molar-refractivity contribution in [2.45, 2.75) is 20.5 Å². The molecule has 0 aliphatic rings. The average Bonchev–Trinajstić information content (AvgIpc) is 3.03. The van der Waals surface area contributed by atoms with Crippen molar-refractivity contribution in [3.05, 3.63) is 30.1 Å². The molecule has 2 rings (SSSR count). The summed E-state index contributed by atoms with van der Waals surface area (Å²) in [6.45, 7) is 3.15. The Morgan fingerprint density at radius 3 is 2.44 bits per heavy atom. The Morgan fingerprint density at radius 1 is 1.28 bits per heavy atom. The minimum Gasteiger partial charge on any atom is -0.456 e. The summed E-state index contributed by atoms with van der Waals surface area (Å²) in [7, 11) is -3.78.